The van der Waals surface area contributed by atoms with Gasteiger partial charge in [-0.3, -0.25) is 52.9 Å². The van der Waals surface area contributed by atoms with Crippen LogP contribution >= 0.6 is 11.8 Å². The fourth-order valence-electron chi connectivity index (χ4n) is 8.32. The molecule has 19 N–H and O–H groups in total. The molecule has 3 rings (SSSR count). The Bertz CT molecular complexity index is 2600. The van der Waals surface area contributed by atoms with E-state index in [1.165, 1.54) is 18.7 Å². The largest absolute Gasteiger partial charge is 0.480 e. The molecule has 0 aliphatic heterocycles. The summed E-state index contributed by atoms with van der Waals surface area (Å²) in [5.74, 6) is -8.90. The molecule has 0 fully saturated rings. The summed E-state index contributed by atoms with van der Waals surface area (Å²) in [7, 11) is 0. The zero-order chi connectivity index (χ0) is 60.7. The first kappa shape index (κ1) is 68.2. The highest BCUT2D eigenvalue weighted by molar-refractivity contribution is 7.98. The normalized spacial score (nSPS) is 14.3. The molecule has 3 aromatic carbocycles. The lowest BCUT2D eigenvalue weighted by Crippen LogP contribution is -2.61. The van der Waals surface area contributed by atoms with Gasteiger partial charge in [0.25, 0.3) is 0 Å². The van der Waals surface area contributed by atoms with Crippen LogP contribution in [-0.2, 0) is 67.2 Å². The molecule has 0 saturated heterocycles. The highest BCUT2D eigenvalue weighted by Crippen LogP contribution is 2.13. The van der Waals surface area contributed by atoms with E-state index in [0.29, 0.717) is 41.8 Å². The number of unbranched alkanes of at least 4 members (excludes halogenated alkanes) is 1. The number of nitrogens with zero attached hydrogens (tertiary/aromatic N) is 1. The van der Waals surface area contributed by atoms with Gasteiger partial charge in [0.1, 0.15) is 48.3 Å². The van der Waals surface area contributed by atoms with Gasteiger partial charge in [-0.2, -0.15) is 11.8 Å². The Morgan fingerprint density at radius 1 is 0.500 bits per heavy atom. The Balaban J connectivity index is 1.96. The van der Waals surface area contributed by atoms with Crippen molar-refractivity contribution >= 4 is 76.9 Å². The summed E-state index contributed by atoms with van der Waals surface area (Å²) in [4.78, 5) is 140. The molecular weight excluding hydrogens is 1080 g/mol. The van der Waals surface area contributed by atoms with Gasteiger partial charge >= 0.3 is 5.97 Å². The van der Waals surface area contributed by atoms with E-state index >= 15 is 0 Å². The average Bonchev–Trinajstić information content (AvgIpc) is 3.45. The van der Waals surface area contributed by atoms with Crippen LogP contribution in [0, 0.1) is 5.92 Å². The maximum absolute atomic E-state index is 14.6. The molecule has 9 atom stereocenters. The smallest absolute Gasteiger partial charge is 0.325 e. The minimum absolute atomic E-state index is 0.0501. The molecule has 0 saturated carbocycles. The molecule has 0 aliphatic rings. The number of carboxylic acid groups (broad SMARTS) is 1. The second kappa shape index (κ2) is 36.3. The quantitative estimate of drug-likeness (QED) is 0.0177. The molecule has 0 spiro atoms. The fraction of sp³-hybridized carbons (Fsp3) is 0.482. The lowest BCUT2D eigenvalue weighted by Gasteiger charge is -2.29. The highest BCUT2D eigenvalue weighted by Gasteiger charge is 2.36. The second-order valence-corrected chi connectivity index (χ2v) is 21.0. The van der Waals surface area contributed by atoms with Crippen molar-refractivity contribution in [3.8, 4) is 0 Å². The van der Waals surface area contributed by atoms with E-state index in [4.69, 9.17) is 28.7 Å². The van der Waals surface area contributed by atoms with Crippen LogP contribution in [0.15, 0.2) is 96.0 Å². The van der Waals surface area contributed by atoms with Crippen molar-refractivity contribution in [1.29, 1.82) is 0 Å². The molecule has 0 unspecified atom stereocenters. The molecule has 26 heteroatoms. The standard InChI is InChI=1S/C56H82N14O11S/c1-33(2)46(70-50(75)40(24-16-27-62-56(60)61)65-51(76)42(29-35-17-8-5-9-18-35)67-47(72)38(58)32-45(59)71)54(79)66-41(25-28-82-4)49(74)68-44(31-37-21-12-7-13-22-37)53(78)69-43(30-36-19-10-6-11-20-36)52(77)64-39(23-14-15-26-57)48(73)63-34(3)55(80)81/h5-13,17-22,33-34,38-44,46H,14-16,23-32,57-58H2,1-4H3,(H2,59,71)(H,63,73)(H,64,77)(H,65,76)(H,66,79)(H,67,72)(H,68,74)(H,69,78)(H,70,75)(H,80,81)(H4,60,61,62)/t34-,38-,39-,40-,41-,42-,43-,44-,46-/m0/s1. The van der Waals surface area contributed by atoms with Crippen molar-refractivity contribution in [3.63, 3.8) is 0 Å². The van der Waals surface area contributed by atoms with Gasteiger partial charge in [-0.25, -0.2) is 0 Å². The topological polar surface area (TPSA) is 430 Å². The van der Waals surface area contributed by atoms with E-state index in [9.17, 15) is 53.1 Å². The Hall–Kier alpha value is -8.10. The lowest BCUT2D eigenvalue weighted by atomic mass is 10.00. The van der Waals surface area contributed by atoms with Gasteiger partial charge in [-0.15, -0.1) is 0 Å². The molecule has 25 nitrogen and oxygen atoms in total. The molecule has 448 valence electrons. The number of thioether (sulfide) groups is 1. The van der Waals surface area contributed by atoms with Gasteiger partial charge < -0.3 is 76.3 Å². The number of carbonyl (C=O) groups excluding carboxylic acids is 9. The van der Waals surface area contributed by atoms with Gasteiger partial charge in [0.15, 0.2) is 5.96 Å². The Morgan fingerprint density at radius 2 is 0.878 bits per heavy atom. The van der Waals surface area contributed by atoms with E-state index in [1.807, 2.05) is 0 Å². The van der Waals surface area contributed by atoms with Gasteiger partial charge in [0.05, 0.1) is 12.5 Å². The number of aliphatic carboxylic acids is 1. The van der Waals surface area contributed by atoms with Crippen LogP contribution in [-0.4, -0.2) is 150 Å². The molecule has 0 bridgehead atoms. The summed E-state index contributed by atoms with van der Waals surface area (Å²) >= 11 is 1.38. The maximum Gasteiger partial charge on any atom is 0.325 e. The summed E-state index contributed by atoms with van der Waals surface area (Å²) in [5.41, 5.74) is 29.9. The van der Waals surface area contributed by atoms with Crippen LogP contribution in [0.2, 0.25) is 0 Å². The molecular formula is C56H82N14O11S. The summed E-state index contributed by atoms with van der Waals surface area (Å²) in [6.07, 6.45) is 2.32. The SMILES string of the molecule is CSCC[C@H](NC(=O)[C@@H](NC(=O)[C@H](CCCN=C(N)N)NC(=O)[C@H](Cc1ccccc1)NC(=O)[C@@H](N)CC(N)=O)C(C)C)C(=O)N[C@@H](Cc1ccccc1)C(=O)N[C@@H](Cc1ccccc1)C(=O)N[C@@H](CCCCN)C(=O)N[C@@H](C)C(=O)O. The first-order valence-corrected chi connectivity index (χ1v) is 28.5. The van der Waals surface area contributed by atoms with Gasteiger partial charge in [0.2, 0.25) is 53.2 Å². The Labute approximate surface area is 482 Å². The summed E-state index contributed by atoms with van der Waals surface area (Å²) in [5, 5.41) is 30.9. The Morgan fingerprint density at radius 3 is 1.28 bits per heavy atom. The number of carboxylic acids is 1. The molecule has 0 aliphatic carbocycles. The average molecular weight is 1160 g/mol. The number of rotatable bonds is 37. The van der Waals surface area contributed by atoms with E-state index in [0.717, 1.165) is 0 Å². The highest BCUT2D eigenvalue weighted by atomic mass is 32.2. The van der Waals surface area contributed by atoms with Crippen molar-refractivity contribution in [2.45, 2.75) is 139 Å². The molecule has 3 aromatic rings. The minimum atomic E-state index is -1.38. The number of nitrogens with two attached hydrogens (primary N) is 5. The maximum atomic E-state index is 14.6. The number of amides is 9. The third-order valence-electron chi connectivity index (χ3n) is 12.9. The van der Waals surface area contributed by atoms with Gasteiger partial charge in [-0.1, -0.05) is 105 Å². The van der Waals surface area contributed by atoms with E-state index < -0.39 is 126 Å². The van der Waals surface area contributed by atoms with Crippen LogP contribution in [0.4, 0.5) is 0 Å². The number of primary amides is 1. The number of guanidine groups is 1. The molecule has 0 aromatic heterocycles. The number of carbonyl (C=O) groups is 10. The number of hydrogen-bond donors (Lipinski definition) is 14. The first-order chi connectivity index (χ1) is 39.0. The van der Waals surface area contributed by atoms with E-state index in [2.05, 4.69) is 47.5 Å². The van der Waals surface area contributed by atoms with Gasteiger partial charge in [0, 0.05) is 25.8 Å². The molecule has 9 amide bonds. The van der Waals surface area contributed by atoms with Crippen molar-refractivity contribution in [3.05, 3.63) is 108 Å². The van der Waals surface area contributed by atoms with Gasteiger partial charge in [-0.05, 0) is 86.6 Å². The summed E-state index contributed by atoms with van der Waals surface area (Å²) in [6, 6.07) is 14.4. The van der Waals surface area contributed by atoms with Crippen LogP contribution in [0.5, 0.6) is 0 Å². The zero-order valence-corrected chi connectivity index (χ0v) is 47.7. The monoisotopic (exact) mass is 1160 g/mol. The number of nitrogens with one attached hydrogen (secondary N) is 8. The van der Waals surface area contributed by atoms with Crippen LogP contribution in [0.25, 0.3) is 0 Å². The third kappa shape index (κ3) is 25.1. The van der Waals surface area contributed by atoms with Crippen molar-refractivity contribution in [2.24, 2.45) is 39.6 Å². The van der Waals surface area contributed by atoms with Crippen LogP contribution in [0.1, 0.15) is 82.4 Å². The van der Waals surface area contributed by atoms with E-state index in [1.54, 1.807) is 111 Å². The molecule has 82 heavy (non-hydrogen) atoms. The van der Waals surface area contributed by atoms with Crippen LogP contribution in [0.3, 0.4) is 0 Å². The second-order valence-electron chi connectivity index (χ2n) is 20.0. The fourth-order valence-corrected chi connectivity index (χ4v) is 8.79. The van der Waals surface area contributed by atoms with Crippen LogP contribution < -0.4 is 71.2 Å². The van der Waals surface area contributed by atoms with Crippen molar-refractivity contribution < 1.29 is 53.1 Å². The van der Waals surface area contributed by atoms with Crippen molar-refractivity contribution in [2.75, 3.05) is 25.1 Å². The lowest BCUT2D eigenvalue weighted by molar-refractivity contribution is -0.142. The number of hydrogen-bond acceptors (Lipinski definition) is 14. The predicted molar refractivity (Wildman–Crippen MR) is 312 cm³/mol. The van der Waals surface area contributed by atoms with E-state index in [-0.39, 0.29) is 57.5 Å². The molecule has 0 heterocycles. The van der Waals surface area contributed by atoms with Crippen molar-refractivity contribution in [1.82, 2.24) is 42.5 Å². The third-order valence-corrected chi connectivity index (χ3v) is 13.5. The molecule has 0 radical (unpaired) electrons. The Kier molecular flexibility index (Phi) is 30.2. The summed E-state index contributed by atoms with van der Waals surface area (Å²) in [6.45, 7) is 4.95. The number of benzene rings is 3. The first-order valence-electron chi connectivity index (χ1n) is 27.1. The summed E-state index contributed by atoms with van der Waals surface area (Å²) < 4.78 is 0. The minimum Gasteiger partial charge on any atom is -0.480 e. The zero-order valence-electron chi connectivity index (χ0n) is 46.9. The number of aliphatic imine (C=N–C) groups is 1. The predicted octanol–water partition coefficient (Wildman–Crippen LogP) is -1.51.